The molecule has 0 saturated carbocycles. The molecule has 3 nitrogen and oxygen atoms in total. The van der Waals surface area contributed by atoms with Crippen molar-refractivity contribution >= 4 is 12.6 Å². The van der Waals surface area contributed by atoms with E-state index in [9.17, 15) is 0 Å². The quantitative estimate of drug-likeness (QED) is 0.548. The number of unbranched alkanes of at least 4 members (excludes halogenated alkanes) is 3. The molecule has 0 aliphatic rings. The highest BCUT2D eigenvalue weighted by atomic mass is 16.5. The van der Waals surface area contributed by atoms with Gasteiger partial charge in [-0.15, -0.1) is 0 Å². The van der Waals surface area contributed by atoms with Gasteiger partial charge in [-0.3, -0.25) is 0 Å². The summed E-state index contributed by atoms with van der Waals surface area (Å²) < 4.78 is 5.77. The van der Waals surface area contributed by atoms with Crippen LogP contribution in [0.25, 0.3) is 0 Å². The monoisotopic (exact) mass is 250 g/mol. The van der Waals surface area contributed by atoms with Gasteiger partial charge in [0, 0.05) is 0 Å². The van der Waals surface area contributed by atoms with Gasteiger partial charge in [-0.05, 0) is 37.4 Å². The first-order chi connectivity index (χ1) is 8.63. The summed E-state index contributed by atoms with van der Waals surface area (Å²) in [6, 6.07) is 6.89. The first-order valence-corrected chi connectivity index (χ1v) is 6.76. The van der Waals surface area contributed by atoms with Gasteiger partial charge in [0.2, 0.25) is 0 Å². The van der Waals surface area contributed by atoms with E-state index in [4.69, 9.17) is 14.8 Å². The van der Waals surface area contributed by atoms with Gasteiger partial charge in [0.05, 0.1) is 6.10 Å². The summed E-state index contributed by atoms with van der Waals surface area (Å²) in [5.74, 6) is 0.780. The van der Waals surface area contributed by atoms with Crippen LogP contribution in [-0.4, -0.2) is 23.3 Å². The van der Waals surface area contributed by atoms with Gasteiger partial charge >= 0.3 is 7.12 Å². The number of hydrogen-bond acceptors (Lipinski definition) is 3. The van der Waals surface area contributed by atoms with Crippen molar-refractivity contribution in [2.75, 3.05) is 0 Å². The third-order valence-electron chi connectivity index (χ3n) is 2.98. The molecule has 0 aliphatic carbocycles. The molecule has 0 amide bonds. The summed E-state index contributed by atoms with van der Waals surface area (Å²) in [5.41, 5.74) is 0.484. The average molecular weight is 250 g/mol. The van der Waals surface area contributed by atoms with Gasteiger partial charge in [0.1, 0.15) is 5.75 Å². The molecule has 0 aromatic heterocycles. The van der Waals surface area contributed by atoms with Crippen LogP contribution in [-0.2, 0) is 0 Å². The minimum atomic E-state index is -1.41. The molecule has 0 saturated heterocycles. The standard InChI is InChI=1S/C14H23BO3/c1-3-4-5-6-7-12(2)18-14-10-8-13(9-11-14)15(16)17/h8-12,16-17H,3-7H2,1-2H3/t12-/m1/s1. The van der Waals surface area contributed by atoms with Crippen molar-refractivity contribution in [3.63, 3.8) is 0 Å². The third-order valence-corrected chi connectivity index (χ3v) is 2.98. The SMILES string of the molecule is CCCCCC[C@@H](C)Oc1ccc(B(O)O)cc1. The van der Waals surface area contributed by atoms with E-state index < -0.39 is 7.12 Å². The van der Waals surface area contributed by atoms with Crippen molar-refractivity contribution in [2.45, 2.75) is 52.1 Å². The van der Waals surface area contributed by atoms with Crippen molar-refractivity contribution in [3.8, 4) is 5.75 Å². The topological polar surface area (TPSA) is 49.7 Å². The second-order valence-corrected chi connectivity index (χ2v) is 4.72. The normalized spacial score (nSPS) is 12.2. The van der Waals surface area contributed by atoms with Crippen LogP contribution >= 0.6 is 0 Å². The lowest BCUT2D eigenvalue weighted by Crippen LogP contribution is -2.29. The molecule has 2 N–H and O–H groups in total. The lowest BCUT2D eigenvalue weighted by atomic mass is 9.80. The molecule has 4 heteroatoms. The van der Waals surface area contributed by atoms with Crippen molar-refractivity contribution in [2.24, 2.45) is 0 Å². The fraction of sp³-hybridized carbons (Fsp3) is 0.571. The molecule has 0 radical (unpaired) electrons. The molecule has 18 heavy (non-hydrogen) atoms. The zero-order valence-corrected chi connectivity index (χ0v) is 11.3. The van der Waals surface area contributed by atoms with E-state index in [1.807, 2.05) is 0 Å². The molecule has 100 valence electrons. The Labute approximate surface area is 110 Å². The summed E-state index contributed by atoms with van der Waals surface area (Å²) in [6.45, 7) is 4.28. The van der Waals surface area contributed by atoms with Crippen LogP contribution < -0.4 is 10.2 Å². The fourth-order valence-corrected chi connectivity index (χ4v) is 1.87. The van der Waals surface area contributed by atoms with Gasteiger partial charge in [-0.2, -0.15) is 0 Å². The molecule has 1 rings (SSSR count). The molecular formula is C14H23BO3. The molecule has 0 heterocycles. The van der Waals surface area contributed by atoms with Crippen molar-refractivity contribution in [1.29, 1.82) is 0 Å². The second kappa shape index (κ2) is 8.17. The zero-order chi connectivity index (χ0) is 13.4. The second-order valence-electron chi connectivity index (χ2n) is 4.72. The summed E-state index contributed by atoms with van der Waals surface area (Å²) in [4.78, 5) is 0. The first-order valence-electron chi connectivity index (χ1n) is 6.76. The third kappa shape index (κ3) is 5.56. The molecule has 0 bridgehead atoms. The van der Waals surface area contributed by atoms with Crippen molar-refractivity contribution in [3.05, 3.63) is 24.3 Å². The number of rotatable bonds is 8. The van der Waals surface area contributed by atoms with Gasteiger partial charge in [0.15, 0.2) is 0 Å². The summed E-state index contributed by atoms with van der Waals surface area (Å²) in [6.07, 6.45) is 6.26. The van der Waals surface area contributed by atoms with E-state index >= 15 is 0 Å². The summed E-state index contributed by atoms with van der Waals surface area (Å²) >= 11 is 0. The van der Waals surface area contributed by atoms with Crippen LogP contribution in [0.15, 0.2) is 24.3 Å². The molecule has 1 aromatic rings. The molecule has 0 unspecified atom stereocenters. The maximum atomic E-state index is 8.98. The van der Waals surface area contributed by atoms with E-state index in [-0.39, 0.29) is 6.10 Å². The van der Waals surface area contributed by atoms with E-state index in [1.165, 1.54) is 25.7 Å². The minimum absolute atomic E-state index is 0.201. The fourth-order valence-electron chi connectivity index (χ4n) is 1.87. The Bertz CT molecular complexity index is 324. The lowest BCUT2D eigenvalue weighted by Gasteiger charge is -2.14. The highest BCUT2D eigenvalue weighted by Crippen LogP contribution is 2.14. The molecule has 0 spiro atoms. The number of benzene rings is 1. The van der Waals surface area contributed by atoms with E-state index in [2.05, 4.69) is 13.8 Å². The minimum Gasteiger partial charge on any atom is -0.491 e. The molecule has 1 aromatic carbocycles. The van der Waals surface area contributed by atoms with Crippen LogP contribution in [0.3, 0.4) is 0 Å². The maximum absolute atomic E-state index is 8.98. The van der Waals surface area contributed by atoms with Crippen LogP contribution in [0.4, 0.5) is 0 Å². The molecular weight excluding hydrogens is 227 g/mol. The predicted octanol–water partition coefficient (Wildman–Crippen LogP) is 2.10. The highest BCUT2D eigenvalue weighted by molar-refractivity contribution is 6.58. The van der Waals surface area contributed by atoms with Crippen molar-refractivity contribution in [1.82, 2.24) is 0 Å². The Morgan fingerprint density at radius 1 is 1.11 bits per heavy atom. The number of ether oxygens (including phenoxy) is 1. The zero-order valence-electron chi connectivity index (χ0n) is 11.3. The van der Waals surface area contributed by atoms with Crippen LogP contribution in [0, 0.1) is 0 Å². The van der Waals surface area contributed by atoms with Gasteiger partial charge in [0.25, 0.3) is 0 Å². The van der Waals surface area contributed by atoms with Crippen molar-refractivity contribution < 1.29 is 14.8 Å². The average Bonchev–Trinajstić information content (AvgIpc) is 2.35. The number of hydrogen-bond donors (Lipinski definition) is 2. The smallest absolute Gasteiger partial charge is 0.488 e. The van der Waals surface area contributed by atoms with E-state index in [1.54, 1.807) is 24.3 Å². The van der Waals surface area contributed by atoms with Gasteiger partial charge in [-0.25, -0.2) is 0 Å². The van der Waals surface area contributed by atoms with Gasteiger partial charge in [-0.1, -0.05) is 38.3 Å². The summed E-state index contributed by atoms with van der Waals surface area (Å²) in [5, 5.41) is 18.0. The van der Waals surface area contributed by atoms with E-state index in [0.29, 0.717) is 5.46 Å². The first kappa shape index (κ1) is 15.1. The predicted molar refractivity (Wildman–Crippen MR) is 75.1 cm³/mol. The Kier molecular flexibility index (Phi) is 6.84. The van der Waals surface area contributed by atoms with E-state index in [0.717, 1.165) is 12.2 Å². The summed E-state index contributed by atoms with van der Waals surface area (Å²) in [7, 11) is -1.41. The Hall–Kier alpha value is -0.995. The molecule has 1 atom stereocenters. The lowest BCUT2D eigenvalue weighted by molar-refractivity contribution is 0.206. The largest absolute Gasteiger partial charge is 0.491 e. The van der Waals surface area contributed by atoms with Crippen LogP contribution in [0.2, 0.25) is 0 Å². The Morgan fingerprint density at radius 3 is 2.33 bits per heavy atom. The Morgan fingerprint density at radius 2 is 1.78 bits per heavy atom. The molecule has 0 aliphatic heterocycles. The maximum Gasteiger partial charge on any atom is 0.488 e. The molecule has 0 fully saturated rings. The van der Waals surface area contributed by atoms with Gasteiger partial charge < -0.3 is 14.8 Å². The Balaban J connectivity index is 2.32. The highest BCUT2D eigenvalue weighted by Gasteiger charge is 2.10. The van der Waals surface area contributed by atoms with Crippen LogP contribution in [0.1, 0.15) is 46.0 Å². The van der Waals surface area contributed by atoms with Crippen LogP contribution in [0.5, 0.6) is 5.75 Å².